The lowest BCUT2D eigenvalue weighted by Crippen LogP contribution is -2.12. The highest BCUT2D eigenvalue weighted by molar-refractivity contribution is 6.34. The van der Waals surface area contributed by atoms with Gasteiger partial charge in [0.2, 0.25) is 5.43 Å². The third-order valence-corrected chi connectivity index (χ3v) is 4.85. The van der Waals surface area contributed by atoms with Crippen LogP contribution >= 0.6 is 11.6 Å². The molecule has 4 rings (SSSR count). The van der Waals surface area contributed by atoms with Gasteiger partial charge in [0.25, 0.3) is 5.91 Å². The summed E-state index contributed by atoms with van der Waals surface area (Å²) in [4.78, 5) is 25.3. The Bertz CT molecular complexity index is 1310. The van der Waals surface area contributed by atoms with Crippen molar-refractivity contribution in [2.24, 2.45) is 0 Å². The van der Waals surface area contributed by atoms with Gasteiger partial charge in [-0.25, -0.2) is 0 Å². The number of hydrogen-bond acceptors (Lipinski definition) is 5. The number of methoxy groups -OCH3 is 2. The molecule has 4 aromatic rings. The second kappa shape index (κ2) is 7.48. The third kappa shape index (κ3) is 3.39. The first kappa shape index (κ1) is 18.8. The van der Waals surface area contributed by atoms with Crippen molar-refractivity contribution in [1.29, 1.82) is 0 Å². The van der Waals surface area contributed by atoms with E-state index in [1.807, 2.05) is 0 Å². The molecule has 1 N–H and O–H groups in total. The molecule has 0 saturated heterocycles. The SMILES string of the molecule is COc1ccc(C(=O)Nc2ccc3c(=O)c4cccc(Cl)c4oc3c2)cc1OC. The number of nitrogens with one attached hydrogen (secondary N) is 1. The Morgan fingerprint density at radius 1 is 0.966 bits per heavy atom. The molecule has 1 amide bonds. The summed E-state index contributed by atoms with van der Waals surface area (Å²) in [5.74, 6) is 0.637. The molecule has 0 fully saturated rings. The summed E-state index contributed by atoms with van der Waals surface area (Å²) in [6.07, 6.45) is 0. The van der Waals surface area contributed by atoms with Gasteiger partial charge in [-0.3, -0.25) is 9.59 Å². The lowest BCUT2D eigenvalue weighted by Gasteiger charge is -2.10. The van der Waals surface area contributed by atoms with E-state index in [-0.39, 0.29) is 11.3 Å². The first-order valence-electron chi connectivity index (χ1n) is 8.70. The van der Waals surface area contributed by atoms with Crippen molar-refractivity contribution < 1.29 is 18.7 Å². The van der Waals surface area contributed by atoms with Gasteiger partial charge in [0.1, 0.15) is 5.58 Å². The van der Waals surface area contributed by atoms with Crippen LogP contribution in [-0.2, 0) is 0 Å². The normalized spacial score (nSPS) is 10.9. The summed E-state index contributed by atoms with van der Waals surface area (Å²) in [6, 6.07) is 14.7. The van der Waals surface area contributed by atoms with Gasteiger partial charge in [-0.1, -0.05) is 17.7 Å². The number of anilines is 1. The fraction of sp³-hybridized carbons (Fsp3) is 0.0909. The predicted molar refractivity (Wildman–Crippen MR) is 112 cm³/mol. The maximum atomic E-state index is 12.7. The van der Waals surface area contributed by atoms with Crippen molar-refractivity contribution in [2.45, 2.75) is 0 Å². The van der Waals surface area contributed by atoms with E-state index in [0.717, 1.165) is 0 Å². The number of para-hydroxylation sites is 1. The van der Waals surface area contributed by atoms with Gasteiger partial charge in [0.15, 0.2) is 17.1 Å². The number of carbonyl (C=O) groups excluding carboxylic acids is 1. The molecule has 0 aliphatic rings. The molecule has 3 aromatic carbocycles. The molecule has 0 aliphatic heterocycles. The van der Waals surface area contributed by atoms with Crippen LogP contribution < -0.4 is 20.2 Å². The monoisotopic (exact) mass is 409 g/mol. The second-order valence-electron chi connectivity index (χ2n) is 6.28. The van der Waals surface area contributed by atoms with Crippen LogP contribution in [0, 0.1) is 0 Å². The molecule has 146 valence electrons. The summed E-state index contributed by atoms with van der Waals surface area (Å²) in [7, 11) is 3.02. The van der Waals surface area contributed by atoms with E-state index in [9.17, 15) is 9.59 Å². The molecule has 0 saturated carbocycles. The maximum absolute atomic E-state index is 12.7. The standard InChI is InChI=1S/C22H16ClNO5/c1-27-17-9-6-12(10-19(17)28-2)22(26)24-13-7-8-14-18(11-13)29-21-15(20(14)25)4-3-5-16(21)23/h3-11H,1-2H3,(H,24,26). The number of carbonyl (C=O) groups is 1. The van der Waals surface area contributed by atoms with Gasteiger partial charge in [0.05, 0.1) is 30.0 Å². The Morgan fingerprint density at radius 2 is 1.76 bits per heavy atom. The number of hydrogen-bond donors (Lipinski definition) is 1. The van der Waals surface area contributed by atoms with E-state index < -0.39 is 0 Å². The van der Waals surface area contributed by atoms with Crippen LogP contribution in [0.1, 0.15) is 10.4 Å². The van der Waals surface area contributed by atoms with Crippen molar-refractivity contribution in [3.8, 4) is 11.5 Å². The lowest BCUT2D eigenvalue weighted by molar-refractivity contribution is 0.102. The van der Waals surface area contributed by atoms with Crippen LogP contribution in [-0.4, -0.2) is 20.1 Å². The summed E-state index contributed by atoms with van der Waals surface area (Å²) < 4.78 is 16.2. The zero-order chi connectivity index (χ0) is 20.5. The zero-order valence-electron chi connectivity index (χ0n) is 15.6. The third-order valence-electron chi connectivity index (χ3n) is 4.55. The fourth-order valence-electron chi connectivity index (χ4n) is 3.10. The van der Waals surface area contributed by atoms with Crippen LogP contribution in [0.25, 0.3) is 21.9 Å². The summed E-state index contributed by atoms with van der Waals surface area (Å²) in [6.45, 7) is 0. The van der Waals surface area contributed by atoms with E-state index in [1.54, 1.807) is 54.6 Å². The van der Waals surface area contributed by atoms with E-state index in [1.165, 1.54) is 14.2 Å². The molecule has 0 radical (unpaired) electrons. The first-order chi connectivity index (χ1) is 14.0. The highest BCUT2D eigenvalue weighted by Gasteiger charge is 2.14. The average molecular weight is 410 g/mol. The number of rotatable bonds is 4. The zero-order valence-corrected chi connectivity index (χ0v) is 16.4. The Kier molecular flexibility index (Phi) is 4.86. The van der Waals surface area contributed by atoms with Crippen molar-refractivity contribution in [3.63, 3.8) is 0 Å². The van der Waals surface area contributed by atoms with Gasteiger partial charge < -0.3 is 19.2 Å². The highest BCUT2D eigenvalue weighted by Crippen LogP contribution is 2.29. The summed E-state index contributed by atoms with van der Waals surface area (Å²) in [5.41, 5.74) is 1.34. The Hall–Kier alpha value is -3.51. The molecule has 0 aliphatic carbocycles. The Morgan fingerprint density at radius 3 is 2.52 bits per heavy atom. The minimum atomic E-state index is -0.341. The molecule has 1 aromatic heterocycles. The number of amides is 1. The fourth-order valence-corrected chi connectivity index (χ4v) is 3.31. The lowest BCUT2D eigenvalue weighted by atomic mass is 10.1. The molecule has 0 bridgehead atoms. The molecule has 29 heavy (non-hydrogen) atoms. The predicted octanol–water partition coefficient (Wildman–Crippen LogP) is 4.87. The number of benzene rings is 3. The van der Waals surface area contributed by atoms with Crippen molar-refractivity contribution in [3.05, 3.63) is 75.4 Å². The van der Waals surface area contributed by atoms with E-state index >= 15 is 0 Å². The molecule has 0 atom stereocenters. The highest BCUT2D eigenvalue weighted by atomic mass is 35.5. The van der Waals surface area contributed by atoms with Crippen LogP contribution in [0.4, 0.5) is 5.69 Å². The molecular formula is C22H16ClNO5. The van der Waals surface area contributed by atoms with Crippen molar-refractivity contribution in [1.82, 2.24) is 0 Å². The van der Waals surface area contributed by atoms with Gasteiger partial charge >= 0.3 is 0 Å². The second-order valence-corrected chi connectivity index (χ2v) is 6.69. The average Bonchev–Trinajstić information content (AvgIpc) is 2.74. The summed E-state index contributed by atoms with van der Waals surface area (Å²) >= 11 is 6.16. The largest absolute Gasteiger partial charge is 0.493 e. The number of halogens is 1. The molecule has 0 unspecified atom stereocenters. The van der Waals surface area contributed by atoms with Gasteiger partial charge in [-0.05, 0) is 42.5 Å². The van der Waals surface area contributed by atoms with Gasteiger partial charge in [-0.15, -0.1) is 0 Å². The maximum Gasteiger partial charge on any atom is 0.255 e. The smallest absolute Gasteiger partial charge is 0.255 e. The molecule has 1 heterocycles. The molecule has 6 nitrogen and oxygen atoms in total. The first-order valence-corrected chi connectivity index (χ1v) is 9.08. The minimum Gasteiger partial charge on any atom is -0.493 e. The van der Waals surface area contributed by atoms with E-state index in [0.29, 0.717) is 49.7 Å². The van der Waals surface area contributed by atoms with E-state index in [4.69, 9.17) is 25.5 Å². The topological polar surface area (TPSA) is 77.8 Å². The van der Waals surface area contributed by atoms with E-state index in [2.05, 4.69) is 5.32 Å². The van der Waals surface area contributed by atoms with Crippen LogP contribution in [0.2, 0.25) is 5.02 Å². The number of ether oxygens (including phenoxy) is 2. The van der Waals surface area contributed by atoms with Gasteiger partial charge in [0, 0.05) is 17.3 Å². The summed E-state index contributed by atoms with van der Waals surface area (Å²) in [5, 5.41) is 3.96. The van der Waals surface area contributed by atoms with Crippen LogP contribution in [0.3, 0.4) is 0 Å². The Balaban J connectivity index is 1.71. The van der Waals surface area contributed by atoms with Crippen LogP contribution in [0.15, 0.2) is 63.8 Å². The quantitative estimate of drug-likeness (QED) is 0.486. The molecule has 0 spiro atoms. The number of fused-ring (bicyclic) bond motifs is 2. The minimum absolute atomic E-state index is 0.179. The van der Waals surface area contributed by atoms with Gasteiger partial charge in [-0.2, -0.15) is 0 Å². The van der Waals surface area contributed by atoms with Crippen molar-refractivity contribution >= 4 is 45.1 Å². The molecular weight excluding hydrogens is 394 g/mol. The van der Waals surface area contributed by atoms with Crippen molar-refractivity contribution in [2.75, 3.05) is 19.5 Å². The Labute approximate surface area is 170 Å². The molecule has 7 heteroatoms. The van der Waals surface area contributed by atoms with Crippen LogP contribution in [0.5, 0.6) is 11.5 Å².